The predicted octanol–water partition coefficient (Wildman–Crippen LogP) is 4.73. The Morgan fingerprint density at radius 3 is 2.63 bits per heavy atom. The van der Waals surface area contributed by atoms with Gasteiger partial charge in [-0.15, -0.1) is 11.8 Å². The second-order valence-electron chi connectivity index (χ2n) is 5.25. The van der Waals surface area contributed by atoms with Gasteiger partial charge in [0.2, 0.25) is 0 Å². The quantitative estimate of drug-likeness (QED) is 0.762. The fraction of sp³-hybridized carbons (Fsp3) is 0.625. The largest absolute Gasteiger partial charge is 0.307 e. The molecule has 1 aromatic rings. The summed E-state index contributed by atoms with van der Waals surface area (Å²) in [5, 5.41) is 4.68. The normalized spacial score (nSPS) is 24.6. The van der Waals surface area contributed by atoms with E-state index in [0.29, 0.717) is 12.1 Å². The van der Waals surface area contributed by atoms with Gasteiger partial charge in [0, 0.05) is 22.2 Å². The second-order valence-corrected chi connectivity index (χ2v) is 7.71. The third-order valence-electron chi connectivity index (χ3n) is 3.89. The third kappa shape index (κ3) is 4.44. The van der Waals surface area contributed by atoms with E-state index in [1.807, 2.05) is 0 Å². The molecule has 0 aliphatic heterocycles. The van der Waals surface area contributed by atoms with Crippen LogP contribution in [-0.4, -0.2) is 23.3 Å². The summed E-state index contributed by atoms with van der Waals surface area (Å²) in [4.78, 5) is 1.34. The van der Waals surface area contributed by atoms with E-state index in [-0.39, 0.29) is 0 Å². The van der Waals surface area contributed by atoms with Gasteiger partial charge in [0.1, 0.15) is 0 Å². The van der Waals surface area contributed by atoms with Crippen molar-refractivity contribution in [1.29, 1.82) is 0 Å². The first-order chi connectivity index (χ1) is 9.22. The topological polar surface area (TPSA) is 12.0 Å². The number of nitrogens with one attached hydrogen (secondary N) is 1. The van der Waals surface area contributed by atoms with Crippen molar-refractivity contribution in [1.82, 2.24) is 5.32 Å². The Hall–Kier alpha value is -0.120. The van der Waals surface area contributed by atoms with Crippen LogP contribution < -0.4 is 5.32 Å². The highest BCUT2D eigenvalue weighted by atomic mass is 32.2. The van der Waals surface area contributed by atoms with Crippen molar-refractivity contribution in [2.75, 3.05) is 12.0 Å². The number of benzene rings is 1. The molecule has 3 heteroatoms. The summed E-state index contributed by atoms with van der Waals surface area (Å²) in [6.45, 7) is 4.55. The maximum absolute atomic E-state index is 3.80. The standard InChI is InChI=1S/C16H25NS2/c1-4-19-16-10-7-14(11-16)17-12(2)13-5-8-15(18-3)9-6-13/h5-6,8-9,12,14,16-17H,4,7,10-11H2,1-3H3. The molecule has 19 heavy (non-hydrogen) atoms. The summed E-state index contributed by atoms with van der Waals surface area (Å²) in [5.41, 5.74) is 1.41. The molecule has 1 aromatic carbocycles. The van der Waals surface area contributed by atoms with E-state index in [1.165, 1.54) is 35.5 Å². The minimum Gasteiger partial charge on any atom is -0.307 e. The zero-order valence-electron chi connectivity index (χ0n) is 12.2. The Morgan fingerprint density at radius 1 is 1.26 bits per heavy atom. The number of thioether (sulfide) groups is 2. The summed E-state index contributed by atoms with van der Waals surface area (Å²) in [6, 6.07) is 10.1. The van der Waals surface area contributed by atoms with Crippen LogP contribution in [0.25, 0.3) is 0 Å². The van der Waals surface area contributed by atoms with E-state index in [2.05, 4.69) is 61.4 Å². The van der Waals surface area contributed by atoms with Crippen LogP contribution in [0.1, 0.15) is 44.7 Å². The zero-order chi connectivity index (χ0) is 13.7. The van der Waals surface area contributed by atoms with Gasteiger partial charge in [0.15, 0.2) is 0 Å². The van der Waals surface area contributed by atoms with Gasteiger partial charge in [-0.1, -0.05) is 19.1 Å². The van der Waals surface area contributed by atoms with Crippen molar-refractivity contribution < 1.29 is 0 Å². The van der Waals surface area contributed by atoms with Crippen molar-refractivity contribution in [2.45, 2.75) is 55.3 Å². The highest BCUT2D eigenvalue weighted by molar-refractivity contribution is 7.99. The molecule has 0 heterocycles. The highest BCUT2D eigenvalue weighted by Crippen LogP contribution is 2.31. The first kappa shape index (κ1) is 15.3. The van der Waals surface area contributed by atoms with Gasteiger partial charge in [-0.05, 0) is 55.9 Å². The van der Waals surface area contributed by atoms with E-state index in [9.17, 15) is 0 Å². The zero-order valence-corrected chi connectivity index (χ0v) is 13.8. The van der Waals surface area contributed by atoms with Crippen molar-refractivity contribution in [2.24, 2.45) is 0 Å². The molecule has 3 atom stereocenters. The minimum atomic E-state index is 0.464. The average Bonchev–Trinajstić information content (AvgIpc) is 2.86. The van der Waals surface area contributed by atoms with Crippen LogP contribution in [0.5, 0.6) is 0 Å². The van der Waals surface area contributed by atoms with Gasteiger partial charge >= 0.3 is 0 Å². The van der Waals surface area contributed by atoms with Crippen LogP contribution in [-0.2, 0) is 0 Å². The fourth-order valence-corrected chi connectivity index (χ4v) is 4.37. The fourth-order valence-electron chi connectivity index (χ4n) is 2.82. The van der Waals surface area contributed by atoms with E-state index in [0.717, 1.165) is 5.25 Å². The lowest BCUT2D eigenvalue weighted by atomic mass is 10.1. The molecule has 3 unspecified atom stereocenters. The van der Waals surface area contributed by atoms with Crippen LogP contribution in [0.4, 0.5) is 0 Å². The second kappa shape index (κ2) is 7.61. The van der Waals surface area contributed by atoms with Crippen LogP contribution in [0.3, 0.4) is 0 Å². The Kier molecular flexibility index (Phi) is 6.11. The Morgan fingerprint density at radius 2 is 2.00 bits per heavy atom. The molecule has 1 N–H and O–H groups in total. The van der Waals surface area contributed by atoms with Crippen molar-refractivity contribution in [3.05, 3.63) is 29.8 Å². The molecular formula is C16H25NS2. The van der Waals surface area contributed by atoms with Crippen molar-refractivity contribution in [3.63, 3.8) is 0 Å². The molecule has 0 bridgehead atoms. The monoisotopic (exact) mass is 295 g/mol. The van der Waals surface area contributed by atoms with Crippen molar-refractivity contribution >= 4 is 23.5 Å². The number of hydrogen-bond donors (Lipinski definition) is 1. The van der Waals surface area contributed by atoms with E-state index in [1.54, 1.807) is 11.8 Å². The molecule has 1 saturated carbocycles. The molecular weight excluding hydrogens is 270 g/mol. The molecule has 2 rings (SSSR count). The molecule has 0 radical (unpaired) electrons. The van der Waals surface area contributed by atoms with E-state index in [4.69, 9.17) is 0 Å². The maximum atomic E-state index is 3.80. The summed E-state index contributed by atoms with van der Waals surface area (Å²) >= 11 is 3.93. The molecule has 0 spiro atoms. The number of hydrogen-bond acceptors (Lipinski definition) is 3. The summed E-state index contributed by atoms with van der Waals surface area (Å²) in [5.74, 6) is 1.25. The first-order valence-electron chi connectivity index (χ1n) is 7.24. The lowest BCUT2D eigenvalue weighted by molar-refractivity contribution is 0.462. The molecule has 1 aliphatic rings. The van der Waals surface area contributed by atoms with Crippen LogP contribution in [0, 0.1) is 0 Å². The molecule has 1 aliphatic carbocycles. The van der Waals surface area contributed by atoms with Crippen molar-refractivity contribution in [3.8, 4) is 0 Å². The average molecular weight is 296 g/mol. The Balaban J connectivity index is 1.85. The lowest BCUT2D eigenvalue weighted by Gasteiger charge is -2.20. The summed E-state index contributed by atoms with van der Waals surface area (Å²) in [7, 11) is 0. The molecule has 0 saturated heterocycles. The molecule has 1 fully saturated rings. The number of rotatable bonds is 6. The van der Waals surface area contributed by atoms with Crippen LogP contribution in [0.2, 0.25) is 0 Å². The van der Waals surface area contributed by atoms with Gasteiger partial charge in [0.25, 0.3) is 0 Å². The van der Waals surface area contributed by atoms with Gasteiger partial charge in [-0.25, -0.2) is 0 Å². The maximum Gasteiger partial charge on any atom is 0.0294 e. The third-order valence-corrected chi connectivity index (χ3v) is 5.86. The van der Waals surface area contributed by atoms with E-state index < -0.39 is 0 Å². The minimum absolute atomic E-state index is 0.464. The SMILES string of the molecule is CCSC1CCC(NC(C)c2ccc(SC)cc2)C1. The van der Waals surface area contributed by atoms with E-state index >= 15 is 0 Å². The summed E-state index contributed by atoms with van der Waals surface area (Å²) in [6.07, 6.45) is 6.19. The Bertz CT molecular complexity index is 377. The van der Waals surface area contributed by atoms with Gasteiger partial charge in [-0.3, -0.25) is 0 Å². The summed E-state index contributed by atoms with van der Waals surface area (Å²) < 4.78 is 0. The van der Waals surface area contributed by atoms with Gasteiger partial charge in [0.05, 0.1) is 0 Å². The molecule has 106 valence electrons. The smallest absolute Gasteiger partial charge is 0.0294 e. The van der Waals surface area contributed by atoms with Gasteiger partial charge < -0.3 is 5.32 Å². The lowest BCUT2D eigenvalue weighted by Crippen LogP contribution is -2.29. The van der Waals surface area contributed by atoms with Crippen LogP contribution in [0.15, 0.2) is 29.2 Å². The molecule has 1 nitrogen and oxygen atoms in total. The highest BCUT2D eigenvalue weighted by Gasteiger charge is 2.25. The van der Waals surface area contributed by atoms with Crippen LogP contribution >= 0.6 is 23.5 Å². The van der Waals surface area contributed by atoms with Gasteiger partial charge in [-0.2, -0.15) is 11.8 Å². The molecule has 0 aromatic heterocycles. The first-order valence-corrected chi connectivity index (χ1v) is 9.52. The Labute approximate surface area is 126 Å². The predicted molar refractivity (Wildman–Crippen MR) is 89.3 cm³/mol. The molecule has 0 amide bonds.